The van der Waals surface area contributed by atoms with Gasteiger partial charge in [0.15, 0.2) is 0 Å². The lowest BCUT2D eigenvalue weighted by Gasteiger charge is -1.97. The van der Waals surface area contributed by atoms with Crippen LogP contribution in [0.5, 0.6) is 0 Å². The lowest BCUT2D eigenvalue weighted by Crippen LogP contribution is -2.07. The van der Waals surface area contributed by atoms with E-state index in [0.29, 0.717) is 6.61 Å². The Kier molecular flexibility index (Phi) is 3.80. The van der Waals surface area contributed by atoms with Crippen molar-refractivity contribution in [3.05, 3.63) is 16.8 Å². The number of aromatic nitrogens is 3. The molecule has 2 aromatic heterocycles. The standard InChI is InChI=1S/C10H11N3O2S2/c1-3-15-8(14)4-7-5-16-10(11-7)9-6(2)12-13-17-9/h5H,3-4H2,1-2H3. The van der Waals surface area contributed by atoms with E-state index in [2.05, 4.69) is 14.6 Å². The van der Waals surface area contributed by atoms with Crippen LogP contribution in [0.4, 0.5) is 0 Å². The highest BCUT2D eigenvalue weighted by molar-refractivity contribution is 7.18. The Bertz CT molecular complexity index is 521. The molecule has 0 aliphatic heterocycles. The summed E-state index contributed by atoms with van der Waals surface area (Å²) in [6.07, 6.45) is 0.218. The van der Waals surface area contributed by atoms with Crippen molar-refractivity contribution < 1.29 is 9.53 Å². The monoisotopic (exact) mass is 269 g/mol. The Morgan fingerprint density at radius 1 is 1.53 bits per heavy atom. The molecule has 5 nitrogen and oxygen atoms in total. The zero-order chi connectivity index (χ0) is 12.3. The molecule has 0 amide bonds. The first-order chi connectivity index (χ1) is 8.20. The molecule has 0 N–H and O–H groups in total. The summed E-state index contributed by atoms with van der Waals surface area (Å²) in [6.45, 7) is 4.08. The molecule has 17 heavy (non-hydrogen) atoms. The first kappa shape index (κ1) is 12.1. The van der Waals surface area contributed by atoms with Crippen LogP contribution in [0.2, 0.25) is 0 Å². The number of esters is 1. The topological polar surface area (TPSA) is 65.0 Å². The first-order valence-corrected chi connectivity index (χ1v) is 6.75. The zero-order valence-corrected chi connectivity index (χ0v) is 11.1. The van der Waals surface area contributed by atoms with Gasteiger partial charge in [-0.3, -0.25) is 4.79 Å². The molecule has 0 saturated carbocycles. The molecule has 0 radical (unpaired) electrons. The van der Waals surface area contributed by atoms with Gasteiger partial charge in [0, 0.05) is 5.38 Å². The van der Waals surface area contributed by atoms with E-state index in [4.69, 9.17) is 4.74 Å². The predicted octanol–water partition coefficient (Wildman–Crippen LogP) is 2.08. The van der Waals surface area contributed by atoms with Crippen molar-refractivity contribution in [3.63, 3.8) is 0 Å². The van der Waals surface area contributed by atoms with Gasteiger partial charge in [-0.2, -0.15) is 0 Å². The van der Waals surface area contributed by atoms with E-state index in [1.165, 1.54) is 22.9 Å². The van der Waals surface area contributed by atoms with Crippen molar-refractivity contribution in [1.82, 2.24) is 14.6 Å². The van der Waals surface area contributed by atoms with E-state index in [-0.39, 0.29) is 12.4 Å². The molecule has 0 spiro atoms. The van der Waals surface area contributed by atoms with Crippen LogP contribution in [0.3, 0.4) is 0 Å². The van der Waals surface area contributed by atoms with E-state index < -0.39 is 0 Å². The fraction of sp³-hybridized carbons (Fsp3) is 0.400. The van der Waals surface area contributed by atoms with Crippen LogP contribution in [0, 0.1) is 6.92 Å². The van der Waals surface area contributed by atoms with Gasteiger partial charge in [0.05, 0.1) is 24.4 Å². The Morgan fingerprint density at radius 3 is 3.00 bits per heavy atom. The molecule has 0 atom stereocenters. The molecule has 2 heterocycles. The normalized spacial score (nSPS) is 10.5. The second-order valence-corrected chi connectivity index (χ2v) is 4.93. The smallest absolute Gasteiger partial charge is 0.311 e. The fourth-order valence-electron chi connectivity index (χ4n) is 1.28. The van der Waals surface area contributed by atoms with Crippen molar-refractivity contribution in [2.45, 2.75) is 20.3 Å². The maximum atomic E-state index is 11.3. The molecule has 0 unspecified atom stereocenters. The SMILES string of the molecule is CCOC(=O)Cc1csc(-c2snnc2C)n1. The van der Waals surface area contributed by atoms with Crippen molar-refractivity contribution in [2.75, 3.05) is 6.61 Å². The maximum Gasteiger partial charge on any atom is 0.311 e. The number of thiazole rings is 1. The zero-order valence-electron chi connectivity index (χ0n) is 9.47. The van der Waals surface area contributed by atoms with Gasteiger partial charge >= 0.3 is 5.97 Å². The van der Waals surface area contributed by atoms with Crippen molar-refractivity contribution in [3.8, 4) is 9.88 Å². The highest BCUT2D eigenvalue weighted by atomic mass is 32.1. The molecule has 0 aromatic carbocycles. The third-order valence-corrected chi connectivity index (χ3v) is 3.90. The second-order valence-electron chi connectivity index (χ2n) is 3.31. The Morgan fingerprint density at radius 2 is 2.35 bits per heavy atom. The molecular formula is C10H11N3O2S2. The lowest BCUT2D eigenvalue weighted by atomic mass is 10.3. The minimum absolute atomic E-state index is 0.218. The number of rotatable bonds is 4. The average Bonchev–Trinajstić information content (AvgIpc) is 2.87. The first-order valence-electron chi connectivity index (χ1n) is 5.10. The Balaban J connectivity index is 2.11. The third-order valence-electron chi connectivity index (χ3n) is 2.03. The molecule has 0 bridgehead atoms. The third kappa shape index (κ3) is 2.86. The minimum Gasteiger partial charge on any atom is -0.466 e. The second kappa shape index (κ2) is 5.33. The van der Waals surface area contributed by atoms with E-state index in [1.54, 1.807) is 6.92 Å². The van der Waals surface area contributed by atoms with Crippen LogP contribution in [-0.2, 0) is 16.0 Å². The number of carbonyl (C=O) groups is 1. The fourth-order valence-corrected chi connectivity index (χ4v) is 2.89. The molecule has 2 rings (SSSR count). The number of carbonyl (C=O) groups excluding carboxylic acids is 1. The summed E-state index contributed by atoms with van der Waals surface area (Å²) >= 11 is 2.81. The molecule has 2 aromatic rings. The van der Waals surface area contributed by atoms with Crippen molar-refractivity contribution in [2.24, 2.45) is 0 Å². The average molecular weight is 269 g/mol. The summed E-state index contributed by atoms with van der Waals surface area (Å²) in [6, 6.07) is 0. The van der Waals surface area contributed by atoms with Crippen molar-refractivity contribution in [1.29, 1.82) is 0 Å². The predicted molar refractivity (Wildman–Crippen MR) is 66.1 cm³/mol. The van der Waals surface area contributed by atoms with Crippen LogP contribution >= 0.6 is 22.9 Å². The van der Waals surface area contributed by atoms with E-state index >= 15 is 0 Å². The summed E-state index contributed by atoms with van der Waals surface area (Å²) < 4.78 is 8.74. The van der Waals surface area contributed by atoms with Crippen LogP contribution in [0.25, 0.3) is 9.88 Å². The van der Waals surface area contributed by atoms with Gasteiger partial charge < -0.3 is 4.74 Å². The van der Waals surface area contributed by atoms with Crippen LogP contribution in [0.1, 0.15) is 18.3 Å². The summed E-state index contributed by atoms with van der Waals surface area (Å²) in [5.74, 6) is -0.247. The van der Waals surface area contributed by atoms with E-state index in [0.717, 1.165) is 21.3 Å². The summed E-state index contributed by atoms with van der Waals surface area (Å²) in [4.78, 5) is 16.6. The maximum absolute atomic E-state index is 11.3. The van der Waals surface area contributed by atoms with Crippen LogP contribution in [0.15, 0.2) is 5.38 Å². The van der Waals surface area contributed by atoms with Gasteiger partial charge in [-0.15, -0.1) is 16.4 Å². The van der Waals surface area contributed by atoms with Crippen LogP contribution < -0.4 is 0 Å². The molecule has 7 heteroatoms. The van der Waals surface area contributed by atoms with Gasteiger partial charge in [-0.1, -0.05) is 4.49 Å². The number of hydrogen-bond donors (Lipinski definition) is 0. The van der Waals surface area contributed by atoms with E-state index in [1.807, 2.05) is 12.3 Å². The van der Waals surface area contributed by atoms with Gasteiger partial charge in [0.2, 0.25) is 0 Å². The van der Waals surface area contributed by atoms with Crippen molar-refractivity contribution >= 4 is 28.8 Å². The molecule has 0 fully saturated rings. The Hall–Kier alpha value is -1.34. The number of ether oxygens (including phenoxy) is 1. The van der Waals surface area contributed by atoms with Gasteiger partial charge in [0.25, 0.3) is 0 Å². The summed E-state index contributed by atoms with van der Waals surface area (Å²) in [7, 11) is 0. The molecule has 0 aliphatic carbocycles. The minimum atomic E-state index is -0.247. The molecule has 0 aliphatic rings. The lowest BCUT2D eigenvalue weighted by molar-refractivity contribution is -0.142. The number of aryl methyl sites for hydroxylation is 1. The Labute approximate surface area is 107 Å². The van der Waals surface area contributed by atoms with E-state index in [9.17, 15) is 4.79 Å². The quantitative estimate of drug-likeness (QED) is 0.795. The molecule has 90 valence electrons. The highest BCUT2D eigenvalue weighted by Crippen LogP contribution is 2.28. The van der Waals surface area contributed by atoms with Gasteiger partial charge in [-0.25, -0.2) is 4.98 Å². The molecular weight excluding hydrogens is 258 g/mol. The number of nitrogens with zero attached hydrogens (tertiary/aromatic N) is 3. The largest absolute Gasteiger partial charge is 0.466 e. The summed E-state index contributed by atoms with van der Waals surface area (Å²) in [5, 5.41) is 6.66. The van der Waals surface area contributed by atoms with Crippen LogP contribution in [-0.4, -0.2) is 27.1 Å². The molecule has 0 saturated heterocycles. The number of hydrogen-bond acceptors (Lipinski definition) is 7. The van der Waals surface area contributed by atoms with Gasteiger partial charge in [-0.05, 0) is 25.4 Å². The van der Waals surface area contributed by atoms with Gasteiger partial charge in [0.1, 0.15) is 9.88 Å². The highest BCUT2D eigenvalue weighted by Gasteiger charge is 2.13. The summed E-state index contributed by atoms with van der Waals surface area (Å²) in [5.41, 5.74) is 1.60.